The highest BCUT2D eigenvalue weighted by atomic mass is 19.1. The van der Waals surface area contributed by atoms with E-state index in [0.717, 1.165) is 56.2 Å². The highest BCUT2D eigenvalue weighted by Crippen LogP contribution is 2.24. The van der Waals surface area contributed by atoms with Gasteiger partial charge in [0.2, 0.25) is 0 Å². The van der Waals surface area contributed by atoms with Crippen molar-refractivity contribution < 1.29 is 23.4 Å². The maximum absolute atomic E-state index is 13.2. The predicted octanol–water partition coefficient (Wildman–Crippen LogP) is 3.74. The van der Waals surface area contributed by atoms with Crippen molar-refractivity contribution in [2.45, 2.75) is 25.4 Å². The molecule has 3 rings (SSSR count). The maximum Gasteiger partial charge on any atom is 0.317 e. The molecule has 1 aliphatic heterocycles. The van der Waals surface area contributed by atoms with Crippen molar-refractivity contribution >= 4 is 5.97 Å². The molecule has 1 fully saturated rings. The minimum absolute atomic E-state index is 0.0708. The fraction of sp³-hybridized carbons (Fsp3) is 0.381. The second kappa shape index (κ2) is 9.12. The van der Waals surface area contributed by atoms with Gasteiger partial charge in [0.25, 0.3) is 0 Å². The Bertz CT molecular complexity index is 786. The topological polar surface area (TPSA) is 53.0 Å². The van der Waals surface area contributed by atoms with Crippen molar-refractivity contribution in [2.24, 2.45) is 0 Å². The van der Waals surface area contributed by atoms with Crippen LogP contribution in [-0.4, -0.2) is 53.6 Å². The summed E-state index contributed by atoms with van der Waals surface area (Å²) < 4.78 is 32.0. The zero-order valence-corrected chi connectivity index (χ0v) is 15.8. The molecule has 0 bridgehead atoms. The third-order valence-corrected chi connectivity index (χ3v) is 4.97. The Labute approximate surface area is 163 Å². The van der Waals surface area contributed by atoms with E-state index in [1.165, 1.54) is 0 Å². The minimum atomic E-state index is -0.798. The van der Waals surface area contributed by atoms with Crippen molar-refractivity contribution in [2.75, 3.05) is 26.7 Å². The molecule has 0 aliphatic carbocycles. The average molecular weight is 390 g/mol. The van der Waals surface area contributed by atoms with Gasteiger partial charge in [-0.25, -0.2) is 8.78 Å². The van der Waals surface area contributed by atoms with E-state index in [2.05, 4.69) is 4.90 Å². The summed E-state index contributed by atoms with van der Waals surface area (Å²) in [5, 5.41) is 8.90. The molecule has 28 heavy (non-hydrogen) atoms. The van der Waals surface area contributed by atoms with Crippen LogP contribution in [0.5, 0.6) is 11.5 Å². The van der Waals surface area contributed by atoms with Crippen molar-refractivity contribution in [3.05, 3.63) is 59.7 Å². The molecule has 1 N–H and O–H groups in total. The van der Waals surface area contributed by atoms with E-state index >= 15 is 0 Å². The molecule has 1 saturated heterocycles. The minimum Gasteiger partial charge on any atom is -0.480 e. The Morgan fingerprint density at radius 1 is 1.11 bits per heavy atom. The number of benzene rings is 2. The van der Waals surface area contributed by atoms with Crippen molar-refractivity contribution in [3.63, 3.8) is 0 Å². The quantitative estimate of drug-likeness (QED) is 0.781. The van der Waals surface area contributed by atoms with Gasteiger partial charge >= 0.3 is 5.97 Å². The Kier molecular flexibility index (Phi) is 6.59. The first-order chi connectivity index (χ1) is 13.4. The lowest BCUT2D eigenvalue weighted by molar-refractivity contribution is -0.138. The van der Waals surface area contributed by atoms with E-state index in [4.69, 9.17) is 9.84 Å². The number of rotatable bonds is 7. The molecule has 0 radical (unpaired) electrons. The van der Waals surface area contributed by atoms with Crippen LogP contribution in [0.3, 0.4) is 0 Å². The molecule has 0 atom stereocenters. The lowest BCUT2D eigenvalue weighted by Gasteiger charge is -2.36. The second-order valence-corrected chi connectivity index (χ2v) is 7.17. The Morgan fingerprint density at radius 2 is 1.71 bits per heavy atom. The van der Waals surface area contributed by atoms with Gasteiger partial charge in [-0.05, 0) is 50.7 Å². The molecule has 0 amide bonds. The van der Waals surface area contributed by atoms with Crippen LogP contribution in [-0.2, 0) is 11.3 Å². The number of ether oxygens (including phenoxy) is 1. The Hall–Kier alpha value is -2.51. The molecular formula is C21H24F2N2O3. The van der Waals surface area contributed by atoms with E-state index in [1.807, 2.05) is 24.1 Å². The molecule has 5 nitrogen and oxygen atoms in total. The van der Waals surface area contributed by atoms with Gasteiger partial charge in [0.15, 0.2) is 0 Å². The fourth-order valence-corrected chi connectivity index (χ4v) is 3.51. The number of carbonyl (C=O) groups is 1. The van der Waals surface area contributed by atoms with Crippen LogP contribution >= 0.6 is 0 Å². The summed E-state index contributed by atoms with van der Waals surface area (Å²) in [6.45, 7) is 2.69. The number of likely N-dealkylation sites (tertiary alicyclic amines) is 1. The maximum atomic E-state index is 13.2. The summed E-state index contributed by atoms with van der Waals surface area (Å²) in [7, 11) is 1.86. The number of halogens is 2. The molecule has 1 heterocycles. The highest BCUT2D eigenvalue weighted by Gasteiger charge is 2.23. The number of carboxylic acid groups (broad SMARTS) is 1. The van der Waals surface area contributed by atoms with E-state index in [9.17, 15) is 13.6 Å². The molecule has 0 spiro atoms. The predicted molar refractivity (Wildman–Crippen MR) is 101 cm³/mol. The highest BCUT2D eigenvalue weighted by molar-refractivity contribution is 5.69. The molecule has 2 aromatic carbocycles. The van der Waals surface area contributed by atoms with Crippen LogP contribution in [0.2, 0.25) is 0 Å². The van der Waals surface area contributed by atoms with Crippen LogP contribution in [0.4, 0.5) is 8.78 Å². The molecule has 1 aliphatic rings. The molecular weight excluding hydrogens is 366 g/mol. The van der Waals surface area contributed by atoms with E-state index < -0.39 is 17.6 Å². The first-order valence-electron chi connectivity index (χ1n) is 9.26. The summed E-state index contributed by atoms with van der Waals surface area (Å²) in [6.07, 6.45) is 1.88. The zero-order chi connectivity index (χ0) is 20.1. The van der Waals surface area contributed by atoms with Gasteiger partial charge < -0.3 is 9.84 Å². The molecule has 0 saturated carbocycles. The van der Waals surface area contributed by atoms with Crippen molar-refractivity contribution in [3.8, 4) is 11.5 Å². The SMILES string of the molecule is CN(CC(=O)O)C1CCN(Cc2ccc(Oc3cc(F)cc(F)c3)cc2)CC1. The number of likely N-dealkylation sites (N-methyl/N-ethyl adjacent to an activating group) is 1. The van der Waals surface area contributed by atoms with Crippen molar-refractivity contribution in [1.29, 1.82) is 0 Å². The fourth-order valence-electron chi connectivity index (χ4n) is 3.51. The van der Waals surface area contributed by atoms with Gasteiger partial charge in [-0.2, -0.15) is 0 Å². The lowest BCUT2D eigenvalue weighted by atomic mass is 10.0. The summed E-state index contributed by atoms with van der Waals surface area (Å²) >= 11 is 0. The van der Waals surface area contributed by atoms with Crippen LogP contribution in [0, 0.1) is 11.6 Å². The third-order valence-electron chi connectivity index (χ3n) is 4.97. The largest absolute Gasteiger partial charge is 0.480 e. The second-order valence-electron chi connectivity index (χ2n) is 7.17. The van der Waals surface area contributed by atoms with Gasteiger partial charge in [0.1, 0.15) is 23.1 Å². The summed E-state index contributed by atoms with van der Waals surface area (Å²) in [6, 6.07) is 10.8. The van der Waals surface area contributed by atoms with Gasteiger partial charge in [-0.15, -0.1) is 0 Å². The zero-order valence-electron chi connectivity index (χ0n) is 15.8. The standard InChI is InChI=1S/C21H24F2N2O3/c1-24(14-21(26)27)18-6-8-25(9-7-18)13-15-2-4-19(5-3-15)28-20-11-16(22)10-17(23)12-20/h2-5,10-12,18H,6-9,13-14H2,1H3,(H,26,27). The van der Waals surface area contributed by atoms with E-state index in [-0.39, 0.29) is 12.3 Å². The average Bonchev–Trinajstić information content (AvgIpc) is 2.62. The summed E-state index contributed by atoms with van der Waals surface area (Å²) in [4.78, 5) is 15.1. The number of hydrogen-bond donors (Lipinski definition) is 1. The Morgan fingerprint density at radius 3 is 2.29 bits per heavy atom. The number of carboxylic acids is 1. The molecule has 0 aromatic heterocycles. The summed E-state index contributed by atoms with van der Waals surface area (Å²) in [5.41, 5.74) is 1.12. The van der Waals surface area contributed by atoms with Crippen molar-refractivity contribution in [1.82, 2.24) is 9.80 Å². The van der Waals surface area contributed by atoms with Gasteiger partial charge in [0, 0.05) is 30.8 Å². The monoisotopic (exact) mass is 390 g/mol. The molecule has 2 aromatic rings. The lowest BCUT2D eigenvalue weighted by Crippen LogP contribution is -2.44. The molecule has 0 unspecified atom stereocenters. The number of aliphatic carboxylic acids is 1. The first-order valence-corrected chi connectivity index (χ1v) is 9.26. The van der Waals surface area contributed by atoms with Gasteiger partial charge in [0.05, 0.1) is 6.54 Å². The normalized spacial score (nSPS) is 15.7. The first kappa shape index (κ1) is 20.2. The molecule has 150 valence electrons. The van der Waals surface area contributed by atoms with Gasteiger partial charge in [-0.1, -0.05) is 12.1 Å². The smallest absolute Gasteiger partial charge is 0.317 e. The van der Waals surface area contributed by atoms with Crippen LogP contribution in [0.25, 0.3) is 0 Å². The van der Waals surface area contributed by atoms with Crippen LogP contribution < -0.4 is 4.74 Å². The van der Waals surface area contributed by atoms with Gasteiger partial charge in [-0.3, -0.25) is 14.6 Å². The van der Waals surface area contributed by atoms with E-state index in [0.29, 0.717) is 11.8 Å². The Balaban J connectivity index is 1.50. The number of nitrogens with zero attached hydrogens (tertiary/aromatic N) is 2. The van der Waals surface area contributed by atoms with E-state index in [1.54, 1.807) is 12.1 Å². The number of piperidine rings is 1. The van der Waals surface area contributed by atoms with Crippen LogP contribution in [0.1, 0.15) is 18.4 Å². The molecule has 7 heteroatoms. The summed E-state index contributed by atoms with van der Waals surface area (Å²) in [5.74, 6) is -1.51. The number of hydrogen-bond acceptors (Lipinski definition) is 4. The van der Waals surface area contributed by atoms with Crippen LogP contribution in [0.15, 0.2) is 42.5 Å². The third kappa shape index (κ3) is 5.74.